The Morgan fingerprint density at radius 1 is 1.85 bits per heavy atom. The van der Waals surface area contributed by atoms with Crippen molar-refractivity contribution >= 4 is 17.8 Å². The molecule has 0 saturated heterocycles. The fourth-order valence-electron chi connectivity index (χ4n) is 0.818. The van der Waals surface area contributed by atoms with Crippen LogP contribution >= 0.6 is 0 Å². The molecule has 2 amide bonds. The second-order valence-electron chi connectivity index (χ2n) is 2.63. The predicted octanol–water partition coefficient (Wildman–Crippen LogP) is -1.64. The van der Waals surface area contributed by atoms with Crippen LogP contribution < -0.4 is 10.6 Å². The number of aliphatic hydroxyl groups excluding tert-OH is 1. The zero-order chi connectivity index (χ0) is 9.84. The molecule has 6 nitrogen and oxygen atoms in total. The molecule has 1 unspecified atom stereocenters. The summed E-state index contributed by atoms with van der Waals surface area (Å²) < 4.78 is 0. The van der Waals surface area contributed by atoms with E-state index in [1.165, 1.54) is 0 Å². The Balaban J connectivity index is 2.41. The van der Waals surface area contributed by atoms with Crippen LogP contribution in [-0.4, -0.2) is 35.5 Å². The summed E-state index contributed by atoms with van der Waals surface area (Å²) >= 11 is 0. The Bertz CT molecular complexity index is 262. The second-order valence-corrected chi connectivity index (χ2v) is 2.63. The molecule has 1 heterocycles. The maximum Gasteiger partial charge on any atom is 0.255 e. The van der Waals surface area contributed by atoms with Crippen LogP contribution in [0.3, 0.4) is 0 Å². The standard InChI is InChI=1S/C7H11N3O3/c1-2-4(11)6(13)10-7-8-3-5(12)9-7/h4,11H,2-3H2,1H3,(H2,8,9,10,12,13). The number of nitrogens with one attached hydrogen (secondary N) is 2. The highest BCUT2D eigenvalue weighted by Crippen LogP contribution is 1.90. The summed E-state index contributed by atoms with van der Waals surface area (Å²) in [4.78, 5) is 25.4. The number of nitrogens with zero attached hydrogens (tertiary/aromatic N) is 1. The van der Waals surface area contributed by atoms with E-state index in [-0.39, 0.29) is 18.4 Å². The normalized spacial score (nSPS) is 17.7. The second kappa shape index (κ2) is 3.99. The molecule has 72 valence electrons. The molecule has 0 aromatic rings. The van der Waals surface area contributed by atoms with Crippen molar-refractivity contribution in [3.8, 4) is 0 Å². The van der Waals surface area contributed by atoms with E-state index < -0.39 is 12.0 Å². The molecule has 6 heteroatoms. The van der Waals surface area contributed by atoms with E-state index in [2.05, 4.69) is 15.6 Å². The molecule has 0 fully saturated rings. The van der Waals surface area contributed by atoms with Crippen molar-refractivity contribution in [3.63, 3.8) is 0 Å². The molecule has 0 radical (unpaired) electrons. The molecule has 3 N–H and O–H groups in total. The van der Waals surface area contributed by atoms with Crippen molar-refractivity contribution in [3.05, 3.63) is 0 Å². The molecule has 1 rings (SSSR count). The third-order valence-electron chi connectivity index (χ3n) is 1.57. The first-order valence-electron chi connectivity index (χ1n) is 3.96. The Kier molecular flexibility index (Phi) is 2.97. The average Bonchev–Trinajstić information content (AvgIpc) is 2.49. The van der Waals surface area contributed by atoms with Gasteiger partial charge in [-0.05, 0) is 6.42 Å². The van der Waals surface area contributed by atoms with Gasteiger partial charge < -0.3 is 5.11 Å². The summed E-state index contributed by atoms with van der Waals surface area (Å²) in [5.41, 5.74) is 0. The van der Waals surface area contributed by atoms with Crippen molar-refractivity contribution in [1.29, 1.82) is 0 Å². The highest BCUT2D eigenvalue weighted by atomic mass is 16.3. The van der Waals surface area contributed by atoms with Gasteiger partial charge in [0.25, 0.3) is 5.91 Å². The number of aliphatic hydroxyl groups is 1. The number of hydrogen-bond donors (Lipinski definition) is 3. The summed E-state index contributed by atoms with van der Waals surface area (Å²) in [7, 11) is 0. The number of amides is 2. The quantitative estimate of drug-likeness (QED) is 0.482. The summed E-state index contributed by atoms with van der Waals surface area (Å²) in [6, 6.07) is 0. The molecule has 0 aliphatic carbocycles. The summed E-state index contributed by atoms with van der Waals surface area (Å²) in [6.45, 7) is 1.71. The van der Waals surface area contributed by atoms with Crippen LogP contribution in [0.15, 0.2) is 4.99 Å². The average molecular weight is 185 g/mol. The van der Waals surface area contributed by atoms with E-state index in [0.717, 1.165) is 0 Å². The number of aliphatic imine (C=N–C) groups is 1. The highest BCUT2D eigenvalue weighted by Gasteiger charge is 2.18. The molecule has 0 aromatic carbocycles. The maximum atomic E-state index is 11.0. The van der Waals surface area contributed by atoms with Gasteiger partial charge in [0.1, 0.15) is 12.6 Å². The monoisotopic (exact) mass is 185 g/mol. The van der Waals surface area contributed by atoms with Gasteiger partial charge in [0.05, 0.1) is 0 Å². The van der Waals surface area contributed by atoms with Crippen molar-refractivity contribution in [2.24, 2.45) is 4.99 Å². The lowest BCUT2D eigenvalue weighted by molar-refractivity contribution is -0.127. The molecule has 0 bridgehead atoms. The van der Waals surface area contributed by atoms with Crippen LogP contribution in [0.25, 0.3) is 0 Å². The van der Waals surface area contributed by atoms with Gasteiger partial charge in [0.2, 0.25) is 11.9 Å². The van der Waals surface area contributed by atoms with Gasteiger partial charge in [-0.1, -0.05) is 6.92 Å². The molecular formula is C7H11N3O3. The van der Waals surface area contributed by atoms with E-state index in [1.807, 2.05) is 0 Å². The van der Waals surface area contributed by atoms with E-state index in [0.29, 0.717) is 6.42 Å². The van der Waals surface area contributed by atoms with Gasteiger partial charge in [-0.2, -0.15) is 0 Å². The molecular weight excluding hydrogens is 174 g/mol. The van der Waals surface area contributed by atoms with E-state index in [4.69, 9.17) is 5.11 Å². The van der Waals surface area contributed by atoms with Gasteiger partial charge in [-0.3, -0.25) is 20.2 Å². The molecule has 1 aliphatic heterocycles. The van der Waals surface area contributed by atoms with E-state index in [1.54, 1.807) is 6.92 Å². The number of hydrogen-bond acceptors (Lipinski definition) is 4. The lowest BCUT2D eigenvalue weighted by atomic mass is 10.3. The summed E-state index contributed by atoms with van der Waals surface area (Å²) in [5.74, 6) is -0.702. The van der Waals surface area contributed by atoms with Crippen LogP contribution in [0.2, 0.25) is 0 Å². The van der Waals surface area contributed by atoms with Gasteiger partial charge in [-0.25, -0.2) is 4.99 Å². The summed E-state index contributed by atoms with van der Waals surface area (Å²) in [6.07, 6.45) is -0.729. The number of carbonyl (C=O) groups excluding carboxylic acids is 2. The first-order chi connectivity index (χ1) is 6.13. The van der Waals surface area contributed by atoms with E-state index in [9.17, 15) is 9.59 Å². The Morgan fingerprint density at radius 3 is 3.00 bits per heavy atom. The minimum absolute atomic E-state index is 0.0256. The number of guanidine groups is 1. The van der Waals surface area contributed by atoms with Crippen LogP contribution in [0.4, 0.5) is 0 Å². The zero-order valence-corrected chi connectivity index (χ0v) is 7.20. The van der Waals surface area contributed by atoms with Crippen molar-refractivity contribution < 1.29 is 14.7 Å². The molecule has 0 saturated carbocycles. The fourth-order valence-corrected chi connectivity index (χ4v) is 0.818. The topological polar surface area (TPSA) is 90.8 Å². The third kappa shape index (κ3) is 2.51. The van der Waals surface area contributed by atoms with Crippen LogP contribution in [0, 0.1) is 0 Å². The Labute approximate surface area is 75.0 Å². The largest absolute Gasteiger partial charge is 0.383 e. The highest BCUT2D eigenvalue weighted by molar-refractivity contribution is 6.09. The number of carbonyl (C=O) groups is 2. The lowest BCUT2D eigenvalue weighted by Crippen LogP contribution is -2.44. The number of rotatable bonds is 2. The van der Waals surface area contributed by atoms with Gasteiger partial charge >= 0.3 is 0 Å². The van der Waals surface area contributed by atoms with Gasteiger partial charge in [0, 0.05) is 0 Å². The molecule has 1 atom stereocenters. The molecule has 0 spiro atoms. The maximum absolute atomic E-state index is 11.0. The first kappa shape index (κ1) is 9.66. The molecule has 1 aliphatic rings. The van der Waals surface area contributed by atoms with Crippen LogP contribution in [-0.2, 0) is 9.59 Å². The van der Waals surface area contributed by atoms with Gasteiger partial charge in [-0.15, -0.1) is 0 Å². The van der Waals surface area contributed by atoms with Crippen LogP contribution in [0.1, 0.15) is 13.3 Å². The molecule has 13 heavy (non-hydrogen) atoms. The Morgan fingerprint density at radius 2 is 2.54 bits per heavy atom. The van der Waals surface area contributed by atoms with E-state index >= 15 is 0 Å². The molecule has 0 aromatic heterocycles. The van der Waals surface area contributed by atoms with Crippen molar-refractivity contribution in [2.45, 2.75) is 19.4 Å². The zero-order valence-electron chi connectivity index (χ0n) is 7.20. The first-order valence-corrected chi connectivity index (χ1v) is 3.96. The van der Waals surface area contributed by atoms with Crippen molar-refractivity contribution in [1.82, 2.24) is 10.6 Å². The fraction of sp³-hybridized carbons (Fsp3) is 0.571. The third-order valence-corrected chi connectivity index (χ3v) is 1.57. The minimum Gasteiger partial charge on any atom is -0.383 e. The SMILES string of the molecule is CCC(O)C(=O)NC1=NCC(=O)N1. The van der Waals surface area contributed by atoms with Crippen LogP contribution in [0.5, 0.6) is 0 Å². The smallest absolute Gasteiger partial charge is 0.255 e. The Hall–Kier alpha value is -1.43. The van der Waals surface area contributed by atoms with Crippen molar-refractivity contribution in [2.75, 3.05) is 6.54 Å². The van der Waals surface area contributed by atoms with Gasteiger partial charge in [0.15, 0.2) is 0 Å². The minimum atomic E-state index is -1.06. The lowest BCUT2D eigenvalue weighted by Gasteiger charge is -2.07. The predicted molar refractivity (Wildman–Crippen MR) is 44.9 cm³/mol. The summed E-state index contributed by atoms with van der Waals surface area (Å²) in [5, 5.41) is 13.7.